The van der Waals surface area contributed by atoms with Crippen LogP contribution >= 0.6 is 11.6 Å². The molecule has 148 valence electrons. The van der Waals surface area contributed by atoms with Crippen LogP contribution in [0.15, 0.2) is 22.1 Å². The maximum atomic E-state index is 12.3. The molecule has 1 fully saturated rings. The normalized spacial score (nSPS) is 18.8. The molecule has 1 aromatic rings. The fourth-order valence-electron chi connectivity index (χ4n) is 3.21. The molecular weight excluding hydrogens is 384 g/mol. The monoisotopic (exact) mass is 404 g/mol. The summed E-state index contributed by atoms with van der Waals surface area (Å²) in [4.78, 5) is 42.6. The second kappa shape index (κ2) is 6.44. The Morgan fingerprint density at radius 1 is 1.25 bits per heavy atom. The van der Waals surface area contributed by atoms with Crippen LogP contribution in [0.1, 0.15) is 20.8 Å². The van der Waals surface area contributed by atoms with Gasteiger partial charge >= 0.3 is 6.09 Å². The van der Waals surface area contributed by atoms with Gasteiger partial charge in [-0.15, -0.1) is 0 Å². The van der Waals surface area contributed by atoms with Gasteiger partial charge < -0.3 is 14.5 Å². The molecule has 0 unspecified atom stereocenters. The third-order valence-corrected chi connectivity index (χ3v) is 4.88. The first-order chi connectivity index (χ1) is 13.1. The molecule has 3 aliphatic rings. The summed E-state index contributed by atoms with van der Waals surface area (Å²) in [6, 6.07) is 3.43. The Balaban J connectivity index is 1.52. The highest BCUT2D eigenvalue weighted by atomic mass is 35.5. The van der Waals surface area contributed by atoms with E-state index in [9.17, 15) is 9.59 Å². The van der Waals surface area contributed by atoms with Gasteiger partial charge in [0.25, 0.3) is 5.91 Å². The van der Waals surface area contributed by atoms with Gasteiger partial charge in [0.05, 0.1) is 6.04 Å². The van der Waals surface area contributed by atoms with Crippen LogP contribution in [0, 0.1) is 0 Å². The van der Waals surface area contributed by atoms with Crippen LogP contribution in [0.2, 0.25) is 5.15 Å². The van der Waals surface area contributed by atoms with Gasteiger partial charge in [0.2, 0.25) is 0 Å². The average molecular weight is 405 g/mol. The molecule has 0 spiro atoms. The molecule has 1 aromatic heterocycles. The number of aromatic nitrogens is 1. The topological polar surface area (TPSA) is 90.7 Å². The van der Waals surface area contributed by atoms with Crippen molar-refractivity contribution in [2.75, 3.05) is 31.6 Å². The van der Waals surface area contributed by atoms with E-state index in [0.29, 0.717) is 41.4 Å². The third-order valence-electron chi connectivity index (χ3n) is 4.67. The van der Waals surface area contributed by atoms with Gasteiger partial charge in [0, 0.05) is 20.1 Å². The van der Waals surface area contributed by atoms with Crippen molar-refractivity contribution < 1.29 is 14.3 Å². The molecule has 0 bridgehead atoms. The highest BCUT2D eigenvalue weighted by Crippen LogP contribution is 2.35. The smallest absolute Gasteiger partial charge is 0.410 e. The van der Waals surface area contributed by atoms with Crippen molar-refractivity contribution in [1.29, 1.82) is 0 Å². The lowest BCUT2D eigenvalue weighted by molar-refractivity contribution is -0.115. The summed E-state index contributed by atoms with van der Waals surface area (Å²) in [5.74, 6) is 1.37. The Bertz CT molecular complexity index is 916. The van der Waals surface area contributed by atoms with E-state index in [1.807, 2.05) is 25.7 Å². The van der Waals surface area contributed by atoms with E-state index in [-0.39, 0.29) is 24.6 Å². The number of likely N-dealkylation sites (N-methyl/N-ethyl adjacent to an activating group) is 1. The number of fused-ring (bicyclic) bond motifs is 3. The molecule has 2 amide bonds. The van der Waals surface area contributed by atoms with Gasteiger partial charge in [0.1, 0.15) is 23.0 Å². The molecular formula is C18H21ClN6O3. The number of anilines is 1. The summed E-state index contributed by atoms with van der Waals surface area (Å²) in [7, 11) is 1.73. The molecule has 10 heteroatoms. The zero-order chi connectivity index (χ0) is 20.2. The van der Waals surface area contributed by atoms with E-state index in [1.165, 1.54) is 0 Å². The molecule has 0 saturated carbocycles. The van der Waals surface area contributed by atoms with E-state index in [2.05, 4.69) is 15.0 Å². The fourth-order valence-corrected chi connectivity index (χ4v) is 3.35. The molecule has 0 atom stereocenters. The number of rotatable bonds is 1. The van der Waals surface area contributed by atoms with Crippen molar-refractivity contribution in [3.8, 4) is 0 Å². The predicted molar refractivity (Wildman–Crippen MR) is 105 cm³/mol. The SMILES string of the molecule is CN(C(=O)OC(C)(C)C)C1CN(C2=Nc3ccc(Cl)nc3N3CC(=O)N=C23)C1. The van der Waals surface area contributed by atoms with Gasteiger partial charge in [0.15, 0.2) is 17.5 Å². The number of halogens is 1. The van der Waals surface area contributed by atoms with E-state index in [1.54, 1.807) is 29.0 Å². The van der Waals surface area contributed by atoms with Crippen molar-refractivity contribution in [3.05, 3.63) is 17.3 Å². The molecule has 4 heterocycles. The summed E-state index contributed by atoms with van der Waals surface area (Å²) in [6.45, 7) is 6.78. The van der Waals surface area contributed by atoms with Gasteiger partial charge in [-0.05, 0) is 32.9 Å². The van der Waals surface area contributed by atoms with Crippen LogP contribution < -0.4 is 4.90 Å². The summed E-state index contributed by atoms with van der Waals surface area (Å²) in [5, 5.41) is 0.332. The molecule has 9 nitrogen and oxygen atoms in total. The number of likely N-dealkylation sites (tertiary alicyclic amines) is 1. The maximum absolute atomic E-state index is 12.3. The molecule has 4 rings (SSSR count). The van der Waals surface area contributed by atoms with Gasteiger partial charge in [-0.3, -0.25) is 9.69 Å². The van der Waals surface area contributed by atoms with Crippen LogP contribution in [0.4, 0.5) is 16.3 Å². The summed E-state index contributed by atoms with van der Waals surface area (Å²) in [5.41, 5.74) is 0.0941. The van der Waals surface area contributed by atoms with E-state index >= 15 is 0 Å². The lowest BCUT2D eigenvalue weighted by Crippen LogP contribution is -2.64. The maximum Gasteiger partial charge on any atom is 0.410 e. The minimum absolute atomic E-state index is 0.00607. The molecule has 1 saturated heterocycles. The van der Waals surface area contributed by atoms with Crippen molar-refractivity contribution in [2.24, 2.45) is 9.98 Å². The van der Waals surface area contributed by atoms with Crippen molar-refractivity contribution in [1.82, 2.24) is 14.8 Å². The Labute approximate surface area is 167 Å². The number of carbonyl (C=O) groups is 2. The zero-order valence-corrected chi connectivity index (χ0v) is 16.9. The highest BCUT2D eigenvalue weighted by Gasteiger charge is 2.42. The number of pyridine rings is 1. The first-order valence-corrected chi connectivity index (χ1v) is 9.35. The number of amidine groups is 2. The Kier molecular flexibility index (Phi) is 4.29. The second-order valence-electron chi connectivity index (χ2n) is 7.98. The second-order valence-corrected chi connectivity index (χ2v) is 8.36. The number of hydrogen-bond donors (Lipinski definition) is 0. The third kappa shape index (κ3) is 3.30. The summed E-state index contributed by atoms with van der Waals surface area (Å²) in [6.07, 6.45) is -0.359. The van der Waals surface area contributed by atoms with Crippen LogP contribution in [0.3, 0.4) is 0 Å². The number of nitrogens with zero attached hydrogens (tertiary/aromatic N) is 6. The Hall–Kier alpha value is -2.68. The van der Waals surface area contributed by atoms with Crippen LogP contribution in [-0.2, 0) is 9.53 Å². The lowest BCUT2D eigenvalue weighted by Gasteiger charge is -2.46. The van der Waals surface area contributed by atoms with Gasteiger partial charge in [-0.2, -0.15) is 4.99 Å². The van der Waals surface area contributed by atoms with Crippen LogP contribution in [-0.4, -0.2) is 76.8 Å². The van der Waals surface area contributed by atoms with Gasteiger partial charge in [-0.25, -0.2) is 14.8 Å². The molecule has 0 aromatic carbocycles. The van der Waals surface area contributed by atoms with Crippen molar-refractivity contribution in [2.45, 2.75) is 32.4 Å². The number of carbonyl (C=O) groups excluding carboxylic acids is 2. The van der Waals surface area contributed by atoms with Crippen molar-refractivity contribution >= 4 is 46.8 Å². The number of hydrogen-bond acceptors (Lipinski definition) is 7. The van der Waals surface area contributed by atoms with E-state index < -0.39 is 5.60 Å². The number of ether oxygens (including phenoxy) is 1. The molecule has 0 N–H and O–H groups in total. The van der Waals surface area contributed by atoms with E-state index in [4.69, 9.17) is 16.3 Å². The lowest BCUT2D eigenvalue weighted by atomic mass is 10.1. The predicted octanol–water partition coefficient (Wildman–Crippen LogP) is 2.07. The molecule has 28 heavy (non-hydrogen) atoms. The summed E-state index contributed by atoms with van der Waals surface area (Å²) < 4.78 is 5.42. The molecule has 0 aliphatic carbocycles. The van der Waals surface area contributed by atoms with Crippen LogP contribution in [0.5, 0.6) is 0 Å². The Morgan fingerprint density at radius 2 is 1.96 bits per heavy atom. The first-order valence-electron chi connectivity index (χ1n) is 8.98. The summed E-state index contributed by atoms with van der Waals surface area (Å²) >= 11 is 6.00. The highest BCUT2D eigenvalue weighted by molar-refractivity contribution is 6.50. The van der Waals surface area contributed by atoms with Crippen molar-refractivity contribution in [3.63, 3.8) is 0 Å². The molecule has 3 aliphatic heterocycles. The average Bonchev–Trinajstić information content (AvgIpc) is 2.94. The van der Waals surface area contributed by atoms with Gasteiger partial charge in [-0.1, -0.05) is 11.6 Å². The zero-order valence-electron chi connectivity index (χ0n) is 16.1. The Morgan fingerprint density at radius 3 is 2.64 bits per heavy atom. The van der Waals surface area contributed by atoms with Crippen LogP contribution in [0.25, 0.3) is 0 Å². The largest absolute Gasteiger partial charge is 0.444 e. The first kappa shape index (κ1) is 18.7. The quantitative estimate of drug-likeness (QED) is 0.665. The number of amides is 2. The minimum atomic E-state index is -0.542. The standard InChI is InChI=1S/C18H21ClN6O3/c1-18(2,3)28-17(27)23(4)10-7-24(8-10)15-16-22-13(26)9-25(16)14-11(20-15)5-6-12(19)21-14/h5-6,10H,7-9H2,1-4H3. The van der Waals surface area contributed by atoms with E-state index in [0.717, 1.165) is 0 Å². The fraction of sp³-hybridized carbons (Fsp3) is 0.500. The molecule has 0 radical (unpaired) electrons. The number of aliphatic imine (C=N–C) groups is 2. The minimum Gasteiger partial charge on any atom is -0.444 e.